The second kappa shape index (κ2) is 5.96. The molecule has 0 amide bonds. The van der Waals surface area contributed by atoms with E-state index < -0.39 is 10.0 Å². The third kappa shape index (κ3) is 3.58. The van der Waals surface area contributed by atoms with Gasteiger partial charge in [0.15, 0.2) is 0 Å². The lowest BCUT2D eigenvalue weighted by Crippen LogP contribution is -2.27. The summed E-state index contributed by atoms with van der Waals surface area (Å²) in [4.78, 5) is 2.27. The van der Waals surface area contributed by atoms with Crippen LogP contribution in [0.4, 0.5) is 5.69 Å². The summed E-state index contributed by atoms with van der Waals surface area (Å²) in [5.74, 6) is 0. The highest BCUT2D eigenvalue weighted by molar-refractivity contribution is 7.89. The van der Waals surface area contributed by atoms with Gasteiger partial charge in [0.1, 0.15) is 0 Å². The van der Waals surface area contributed by atoms with Crippen molar-refractivity contribution in [2.75, 3.05) is 5.73 Å². The number of anilines is 1. The summed E-state index contributed by atoms with van der Waals surface area (Å²) in [5.41, 5.74) is 6.53. The molecule has 0 aliphatic carbocycles. The number of benzene rings is 1. The van der Waals surface area contributed by atoms with Crippen LogP contribution in [0.3, 0.4) is 0 Å². The highest BCUT2D eigenvalue weighted by atomic mass is 35.5. The molecule has 114 valence electrons. The SMILES string of the molecule is Cc1ccc(C(C)NS(=O)(=O)c2cc(N)c(Cl)cc2C)s1. The summed E-state index contributed by atoms with van der Waals surface area (Å²) in [6, 6.07) is 6.55. The molecule has 1 aromatic carbocycles. The molecule has 4 nitrogen and oxygen atoms in total. The monoisotopic (exact) mass is 344 g/mol. The van der Waals surface area contributed by atoms with Gasteiger partial charge in [-0.25, -0.2) is 13.1 Å². The number of hydrogen-bond acceptors (Lipinski definition) is 4. The normalized spacial score (nSPS) is 13.3. The van der Waals surface area contributed by atoms with E-state index in [0.29, 0.717) is 10.6 Å². The van der Waals surface area contributed by atoms with Crippen molar-refractivity contribution in [1.29, 1.82) is 0 Å². The number of sulfonamides is 1. The third-order valence-corrected chi connectivity index (χ3v) is 6.30. The maximum Gasteiger partial charge on any atom is 0.241 e. The van der Waals surface area contributed by atoms with Crippen LogP contribution >= 0.6 is 22.9 Å². The second-order valence-electron chi connectivity index (χ2n) is 4.93. The minimum absolute atomic E-state index is 0.157. The van der Waals surface area contributed by atoms with Crippen molar-refractivity contribution < 1.29 is 8.42 Å². The number of nitrogens with two attached hydrogens (primary N) is 1. The molecule has 1 atom stereocenters. The minimum atomic E-state index is -3.65. The van der Waals surface area contributed by atoms with E-state index in [9.17, 15) is 8.42 Å². The Hall–Kier alpha value is -1.08. The molecule has 0 radical (unpaired) electrons. The summed E-state index contributed by atoms with van der Waals surface area (Å²) >= 11 is 7.47. The first-order chi connectivity index (χ1) is 9.70. The van der Waals surface area contributed by atoms with E-state index in [-0.39, 0.29) is 16.6 Å². The standard InChI is InChI=1S/C14H17ClN2O2S2/c1-8-6-11(15)12(16)7-14(8)21(18,19)17-10(3)13-5-4-9(2)20-13/h4-7,10,17H,16H2,1-3H3. The average Bonchev–Trinajstić information content (AvgIpc) is 2.80. The summed E-state index contributed by atoms with van der Waals surface area (Å²) in [5, 5.41) is 0.355. The largest absolute Gasteiger partial charge is 0.397 e. The number of hydrogen-bond donors (Lipinski definition) is 2. The Balaban J connectivity index is 2.32. The van der Waals surface area contributed by atoms with Gasteiger partial charge in [-0.2, -0.15) is 0 Å². The molecule has 7 heteroatoms. The molecule has 0 saturated heterocycles. The van der Waals surface area contributed by atoms with Crippen molar-refractivity contribution in [1.82, 2.24) is 4.72 Å². The number of nitrogens with one attached hydrogen (secondary N) is 1. The van der Waals surface area contributed by atoms with Crippen LogP contribution in [-0.2, 0) is 10.0 Å². The molecule has 1 aromatic heterocycles. The predicted octanol–water partition coefficient (Wildman–Crippen LogP) is 3.64. The van der Waals surface area contributed by atoms with Crippen molar-refractivity contribution in [3.05, 3.63) is 44.6 Å². The number of halogens is 1. The smallest absolute Gasteiger partial charge is 0.241 e. The first kappa shape index (κ1) is 16.3. The predicted molar refractivity (Wildman–Crippen MR) is 88.4 cm³/mol. The fourth-order valence-corrected chi connectivity index (χ4v) is 4.66. The van der Waals surface area contributed by atoms with E-state index in [1.165, 1.54) is 6.07 Å². The summed E-state index contributed by atoms with van der Waals surface area (Å²) in [6.45, 7) is 5.50. The van der Waals surface area contributed by atoms with Gasteiger partial charge in [0.2, 0.25) is 10.0 Å². The highest BCUT2D eigenvalue weighted by Crippen LogP contribution is 2.28. The molecule has 0 spiro atoms. The van der Waals surface area contributed by atoms with Crippen LogP contribution in [0.25, 0.3) is 0 Å². The van der Waals surface area contributed by atoms with E-state index in [0.717, 1.165) is 9.75 Å². The Morgan fingerprint density at radius 3 is 2.52 bits per heavy atom. The van der Waals surface area contributed by atoms with Crippen LogP contribution in [0.1, 0.15) is 28.3 Å². The molecule has 2 rings (SSSR count). The molecule has 0 bridgehead atoms. The molecule has 0 fully saturated rings. The molecule has 0 aliphatic rings. The van der Waals surface area contributed by atoms with Crippen molar-refractivity contribution in [3.8, 4) is 0 Å². The number of thiophene rings is 1. The zero-order valence-corrected chi connectivity index (χ0v) is 14.4. The topological polar surface area (TPSA) is 72.2 Å². The zero-order chi connectivity index (χ0) is 15.8. The Kier molecular flexibility index (Phi) is 4.63. The van der Waals surface area contributed by atoms with Gasteiger partial charge < -0.3 is 5.73 Å². The van der Waals surface area contributed by atoms with E-state index >= 15 is 0 Å². The van der Waals surface area contributed by atoms with Crippen LogP contribution in [-0.4, -0.2) is 8.42 Å². The van der Waals surface area contributed by atoms with E-state index in [1.54, 1.807) is 24.3 Å². The molecule has 21 heavy (non-hydrogen) atoms. The summed E-state index contributed by atoms with van der Waals surface area (Å²) in [6.07, 6.45) is 0. The van der Waals surface area contributed by atoms with Crippen molar-refractivity contribution >= 4 is 38.6 Å². The van der Waals surface area contributed by atoms with Crippen LogP contribution in [0.2, 0.25) is 5.02 Å². The van der Waals surface area contributed by atoms with Crippen molar-refractivity contribution in [2.24, 2.45) is 0 Å². The number of aryl methyl sites for hydroxylation is 2. The molecular weight excluding hydrogens is 328 g/mol. The first-order valence-corrected chi connectivity index (χ1v) is 9.03. The molecule has 2 aromatic rings. The molecule has 0 saturated carbocycles. The van der Waals surface area contributed by atoms with E-state index in [1.807, 2.05) is 26.0 Å². The van der Waals surface area contributed by atoms with Gasteiger partial charge in [0, 0.05) is 9.75 Å². The average molecular weight is 345 g/mol. The van der Waals surface area contributed by atoms with Crippen LogP contribution in [0.5, 0.6) is 0 Å². The maximum absolute atomic E-state index is 12.5. The van der Waals surface area contributed by atoms with Crippen LogP contribution < -0.4 is 10.5 Å². The molecule has 1 unspecified atom stereocenters. The Morgan fingerprint density at radius 1 is 1.29 bits per heavy atom. The molecular formula is C14H17ClN2O2S2. The minimum Gasteiger partial charge on any atom is -0.397 e. The second-order valence-corrected chi connectivity index (χ2v) is 8.34. The van der Waals surface area contributed by atoms with Gasteiger partial charge in [-0.15, -0.1) is 11.3 Å². The van der Waals surface area contributed by atoms with Crippen LogP contribution in [0, 0.1) is 13.8 Å². The molecule has 3 N–H and O–H groups in total. The lowest BCUT2D eigenvalue weighted by atomic mass is 10.2. The summed E-state index contributed by atoms with van der Waals surface area (Å²) < 4.78 is 27.7. The lowest BCUT2D eigenvalue weighted by molar-refractivity contribution is 0.568. The first-order valence-electron chi connectivity index (χ1n) is 6.35. The number of nitrogen functional groups attached to an aromatic ring is 1. The molecule has 0 aliphatic heterocycles. The Bertz CT molecular complexity index is 769. The van der Waals surface area contributed by atoms with Crippen LogP contribution in [0.15, 0.2) is 29.2 Å². The van der Waals surface area contributed by atoms with E-state index in [4.69, 9.17) is 17.3 Å². The summed E-state index contributed by atoms with van der Waals surface area (Å²) in [7, 11) is -3.65. The lowest BCUT2D eigenvalue weighted by Gasteiger charge is -2.15. The highest BCUT2D eigenvalue weighted by Gasteiger charge is 2.22. The van der Waals surface area contributed by atoms with Gasteiger partial charge in [0.25, 0.3) is 0 Å². The zero-order valence-electron chi connectivity index (χ0n) is 12.0. The van der Waals surface area contributed by atoms with Gasteiger partial charge in [0.05, 0.1) is 21.6 Å². The quantitative estimate of drug-likeness (QED) is 0.832. The molecule has 1 heterocycles. The maximum atomic E-state index is 12.5. The van der Waals surface area contributed by atoms with Crippen molar-refractivity contribution in [2.45, 2.75) is 31.7 Å². The van der Waals surface area contributed by atoms with Gasteiger partial charge in [-0.1, -0.05) is 11.6 Å². The van der Waals surface area contributed by atoms with Gasteiger partial charge in [-0.05, 0) is 50.6 Å². The van der Waals surface area contributed by atoms with Gasteiger partial charge >= 0.3 is 0 Å². The number of rotatable bonds is 4. The Morgan fingerprint density at radius 2 is 1.95 bits per heavy atom. The van der Waals surface area contributed by atoms with E-state index in [2.05, 4.69) is 4.72 Å². The van der Waals surface area contributed by atoms with Crippen molar-refractivity contribution in [3.63, 3.8) is 0 Å². The van der Waals surface area contributed by atoms with Gasteiger partial charge in [-0.3, -0.25) is 0 Å². The fraction of sp³-hybridized carbons (Fsp3) is 0.286. The fourth-order valence-electron chi connectivity index (χ4n) is 2.00. The Labute approximate surface area is 134 Å². The third-order valence-electron chi connectivity index (χ3n) is 3.10.